The van der Waals surface area contributed by atoms with Crippen molar-refractivity contribution in [3.8, 4) is 0 Å². The van der Waals surface area contributed by atoms with E-state index in [-0.39, 0.29) is 0 Å². The molecule has 1 N–H and O–H groups in total. The van der Waals surface area contributed by atoms with E-state index in [1.54, 1.807) is 0 Å². The molecule has 0 aliphatic carbocycles. The lowest BCUT2D eigenvalue weighted by Crippen LogP contribution is -2.33. The molecule has 1 aliphatic rings. The summed E-state index contributed by atoms with van der Waals surface area (Å²) >= 11 is 6.06. The van der Waals surface area contributed by atoms with Gasteiger partial charge in [-0.05, 0) is 32.4 Å². The lowest BCUT2D eigenvalue weighted by atomic mass is 10.1. The highest BCUT2D eigenvalue weighted by molar-refractivity contribution is 6.30. The molecule has 4 nitrogen and oxygen atoms in total. The third kappa shape index (κ3) is 3.56. The second-order valence-corrected chi connectivity index (χ2v) is 5.03. The summed E-state index contributed by atoms with van der Waals surface area (Å²) in [4.78, 5) is 10.8. The van der Waals surface area contributed by atoms with Gasteiger partial charge in [0.1, 0.15) is 17.3 Å². The van der Waals surface area contributed by atoms with Crippen molar-refractivity contribution in [2.45, 2.75) is 32.6 Å². The predicted octanol–water partition coefficient (Wildman–Crippen LogP) is 2.59. The van der Waals surface area contributed by atoms with E-state index in [4.69, 9.17) is 11.6 Å². The first kappa shape index (κ1) is 13.6. The average Bonchev–Trinajstić information content (AvgIpc) is 2.40. The maximum Gasteiger partial charge on any atom is 0.137 e. The van der Waals surface area contributed by atoms with Crippen molar-refractivity contribution in [3.63, 3.8) is 0 Å². The average molecular weight is 269 g/mol. The van der Waals surface area contributed by atoms with Gasteiger partial charge in [0.05, 0.1) is 0 Å². The van der Waals surface area contributed by atoms with Gasteiger partial charge in [-0.1, -0.05) is 24.9 Å². The standard InChI is InChI=1S/C13H21ClN4/c1-2-11-12(14)16-10-17-13(11)15-6-9-18-7-4-3-5-8-18/h10H,2-9H2,1H3,(H,15,16,17). The van der Waals surface area contributed by atoms with Gasteiger partial charge < -0.3 is 10.2 Å². The Morgan fingerprint density at radius 3 is 2.78 bits per heavy atom. The van der Waals surface area contributed by atoms with Crippen molar-refractivity contribution in [1.29, 1.82) is 0 Å². The molecule has 0 bridgehead atoms. The highest BCUT2D eigenvalue weighted by Gasteiger charge is 2.11. The Morgan fingerprint density at radius 1 is 1.28 bits per heavy atom. The molecule has 18 heavy (non-hydrogen) atoms. The molecule has 0 unspecified atom stereocenters. The minimum Gasteiger partial charge on any atom is -0.368 e. The number of likely N-dealkylation sites (tertiary alicyclic amines) is 1. The molecule has 1 aliphatic heterocycles. The van der Waals surface area contributed by atoms with Crippen LogP contribution in [0.2, 0.25) is 5.15 Å². The quantitative estimate of drug-likeness (QED) is 0.834. The van der Waals surface area contributed by atoms with E-state index in [0.717, 1.165) is 30.9 Å². The van der Waals surface area contributed by atoms with Crippen molar-refractivity contribution in [2.24, 2.45) is 0 Å². The van der Waals surface area contributed by atoms with Crippen molar-refractivity contribution >= 4 is 17.4 Å². The van der Waals surface area contributed by atoms with Crippen LogP contribution in [0.5, 0.6) is 0 Å². The largest absolute Gasteiger partial charge is 0.368 e. The van der Waals surface area contributed by atoms with Crippen LogP contribution in [0.25, 0.3) is 0 Å². The first-order chi connectivity index (χ1) is 8.81. The second-order valence-electron chi connectivity index (χ2n) is 4.67. The molecule has 1 aromatic rings. The molecule has 2 rings (SSSR count). The Balaban J connectivity index is 1.84. The first-order valence-corrected chi connectivity index (χ1v) is 7.14. The molecule has 0 atom stereocenters. The summed E-state index contributed by atoms with van der Waals surface area (Å²) in [5.41, 5.74) is 1.01. The minimum absolute atomic E-state index is 0.563. The summed E-state index contributed by atoms with van der Waals surface area (Å²) in [7, 11) is 0. The van der Waals surface area contributed by atoms with Gasteiger partial charge in [0.25, 0.3) is 0 Å². The zero-order chi connectivity index (χ0) is 12.8. The summed E-state index contributed by atoms with van der Waals surface area (Å²) in [6.07, 6.45) is 6.42. The Morgan fingerprint density at radius 2 is 2.06 bits per heavy atom. The number of halogens is 1. The van der Waals surface area contributed by atoms with Gasteiger partial charge in [-0.2, -0.15) is 0 Å². The number of nitrogens with one attached hydrogen (secondary N) is 1. The van der Waals surface area contributed by atoms with E-state index in [1.165, 1.54) is 38.7 Å². The monoisotopic (exact) mass is 268 g/mol. The van der Waals surface area contributed by atoms with E-state index in [9.17, 15) is 0 Å². The van der Waals surface area contributed by atoms with Crippen LogP contribution in [0.4, 0.5) is 5.82 Å². The van der Waals surface area contributed by atoms with E-state index in [1.807, 2.05) is 0 Å². The first-order valence-electron chi connectivity index (χ1n) is 6.77. The molecule has 0 amide bonds. The third-order valence-electron chi connectivity index (χ3n) is 3.42. The number of piperidine rings is 1. The maximum atomic E-state index is 6.06. The van der Waals surface area contributed by atoms with Gasteiger partial charge in [0.15, 0.2) is 0 Å². The summed E-state index contributed by atoms with van der Waals surface area (Å²) < 4.78 is 0. The Hall–Kier alpha value is -0.870. The summed E-state index contributed by atoms with van der Waals surface area (Å²) in [6, 6.07) is 0. The topological polar surface area (TPSA) is 41.1 Å². The zero-order valence-electron chi connectivity index (χ0n) is 11.0. The lowest BCUT2D eigenvalue weighted by molar-refractivity contribution is 0.237. The zero-order valence-corrected chi connectivity index (χ0v) is 11.7. The highest BCUT2D eigenvalue weighted by atomic mass is 35.5. The lowest BCUT2D eigenvalue weighted by Gasteiger charge is -2.26. The number of nitrogens with zero attached hydrogens (tertiary/aromatic N) is 3. The second kappa shape index (κ2) is 6.90. The molecular formula is C13H21ClN4. The van der Waals surface area contributed by atoms with Crippen LogP contribution in [-0.2, 0) is 6.42 Å². The van der Waals surface area contributed by atoms with Crippen LogP contribution in [0, 0.1) is 0 Å². The van der Waals surface area contributed by atoms with Gasteiger partial charge in [0.2, 0.25) is 0 Å². The fraction of sp³-hybridized carbons (Fsp3) is 0.692. The molecular weight excluding hydrogens is 248 g/mol. The van der Waals surface area contributed by atoms with Crippen LogP contribution in [0.1, 0.15) is 31.7 Å². The van der Waals surface area contributed by atoms with Crippen molar-refractivity contribution in [1.82, 2.24) is 14.9 Å². The van der Waals surface area contributed by atoms with Crippen LogP contribution in [0.15, 0.2) is 6.33 Å². The van der Waals surface area contributed by atoms with Gasteiger partial charge >= 0.3 is 0 Å². The fourth-order valence-electron chi connectivity index (χ4n) is 2.37. The normalized spacial score (nSPS) is 16.8. The predicted molar refractivity (Wildman–Crippen MR) is 75.2 cm³/mol. The molecule has 1 aromatic heterocycles. The molecule has 0 spiro atoms. The number of rotatable bonds is 5. The van der Waals surface area contributed by atoms with Gasteiger partial charge in [0, 0.05) is 18.7 Å². The van der Waals surface area contributed by atoms with Crippen molar-refractivity contribution < 1.29 is 0 Å². The van der Waals surface area contributed by atoms with Crippen LogP contribution in [0.3, 0.4) is 0 Å². The molecule has 0 saturated carbocycles. The van der Waals surface area contributed by atoms with Gasteiger partial charge in [-0.15, -0.1) is 0 Å². The van der Waals surface area contributed by atoms with E-state index in [2.05, 4.69) is 27.1 Å². The summed E-state index contributed by atoms with van der Waals surface area (Å²) in [6.45, 7) is 6.52. The molecule has 0 radical (unpaired) electrons. The molecule has 0 aromatic carbocycles. The fourth-order valence-corrected chi connectivity index (χ4v) is 2.64. The smallest absolute Gasteiger partial charge is 0.137 e. The highest BCUT2D eigenvalue weighted by Crippen LogP contribution is 2.19. The number of anilines is 1. The number of hydrogen-bond acceptors (Lipinski definition) is 4. The van der Waals surface area contributed by atoms with Crippen molar-refractivity contribution in [3.05, 3.63) is 17.0 Å². The Bertz CT molecular complexity index is 377. The van der Waals surface area contributed by atoms with Gasteiger partial charge in [-0.25, -0.2) is 9.97 Å². The molecule has 2 heterocycles. The van der Waals surface area contributed by atoms with Gasteiger partial charge in [-0.3, -0.25) is 0 Å². The molecule has 100 valence electrons. The maximum absolute atomic E-state index is 6.06. The number of hydrogen-bond donors (Lipinski definition) is 1. The SMILES string of the molecule is CCc1c(Cl)ncnc1NCCN1CCCCC1. The Kier molecular flexibility index (Phi) is 5.20. The van der Waals surface area contributed by atoms with Crippen LogP contribution < -0.4 is 5.32 Å². The number of aromatic nitrogens is 2. The summed E-state index contributed by atoms with van der Waals surface area (Å²) in [5.74, 6) is 0.884. The van der Waals surface area contributed by atoms with Crippen LogP contribution in [-0.4, -0.2) is 41.0 Å². The summed E-state index contributed by atoms with van der Waals surface area (Å²) in [5, 5.41) is 3.94. The third-order valence-corrected chi connectivity index (χ3v) is 3.74. The van der Waals surface area contributed by atoms with E-state index in [0.29, 0.717) is 5.15 Å². The molecule has 1 saturated heterocycles. The molecule has 5 heteroatoms. The molecule has 1 fully saturated rings. The minimum atomic E-state index is 0.563. The Labute approximate surface area is 114 Å². The van der Waals surface area contributed by atoms with Crippen LogP contribution >= 0.6 is 11.6 Å². The van der Waals surface area contributed by atoms with E-state index >= 15 is 0 Å². The van der Waals surface area contributed by atoms with E-state index < -0.39 is 0 Å². The van der Waals surface area contributed by atoms with Crippen molar-refractivity contribution in [2.75, 3.05) is 31.5 Å².